The molecule has 0 rings (SSSR count). The first kappa shape index (κ1) is 21.2. The van der Waals surface area contributed by atoms with Crippen molar-refractivity contribution in [2.24, 2.45) is 0 Å². The lowest BCUT2D eigenvalue weighted by Gasteiger charge is -2.35. The van der Waals surface area contributed by atoms with Crippen molar-refractivity contribution in [3.63, 3.8) is 0 Å². The number of rotatable bonds is 14. The molecule has 0 saturated carbocycles. The Morgan fingerprint density at radius 3 is 0.762 bits per heavy atom. The van der Waals surface area contributed by atoms with Gasteiger partial charge in [-0.05, 0) is 41.5 Å². The summed E-state index contributed by atoms with van der Waals surface area (Å²) in [4.78, 5) is 0. The monoisotopic (exact) mass is 340 g/mol. The summed E-state index contributed by atoms with van der Waals surface area (Å²) in [6.45, 7) is 14.8. The zero-order chi connectivity index (χ0) is 16.2. The highest BCUT2D eigenvalue weighted by molar-refractivity contribution is 6.80. The molecular formula is C13H32O6Si2. The molecule has 8 heteroatoms. The Kier molecular flexibility index (Phi) is 11.8. The van der Waals surface area contributed by atoms with E-state index in [9.17, 15) is 0 Å². The van der Waals surface area contributed by atoms with Gasteiger partial charge in [0.15, 0.2) is 0 Å². The normalized spacial score (nSPS) is 12.9. The van der Waals surface area contributed by atoms with Crippen LogP contribution in [0.15, 0.2) is 0 Å². The molecule has 0 aliphatic heterocycles. The molecular weight excluding hydrogens is 308 g/mol. The minimum Gasteiger partial charge on any atom is -0.374 e. The fraction of sp³-hybridized carbons (Fsp3) is 1.00. The molecule has 0 saturated heterocycles. The van der Waals surface area contributed by atoms with Crippen molar-refractivity contribution in [2.45, 2.75) is 47.2 Å². The van der Waals surface area contributed by atoms with Gasteiger partial charge in [-0.1, -0.05) is 0 Å². The zero-order valence-corrected chi connectivity index (χ0v) is 16.4. The Bertz CT molecular complexity index is 197. The fourth-order valence-corrected chi connectivity index (χ4v) is 9.85. The Morgan fingerprint density at radius 2 is 0.619 bits per heavy atom. The highest BCUT2D eigenvalue weighted by Crippen LogP contribution is 2.26. The highest BCUT2D eigenvalue weighted by Gasteiger charge is 2.55. The van der Waals surface area contributed by atoms with Gasteiger partial charge in [-0.2, -0.15) is 0 Å². The van der Waals surface area contributed by atoms with Crippen LogP contribution in [0.2, 0.25) is 5.67 Å². The molecule has 0 aromatic heterocycles. The van der Waals surface area contributed by atoms with Crippen LogP contribution < -0.4 is 0 Å². The zero-order valence-electron chi connectivity index (χ0n) is 14.4. The molecule has 0 bridgehead atoms. The lowest BCUT2D eigenvalue weighted by molar-refractivity contribution is 0.0473. The van der Waals surface area contributed by atoms with E-state index in [1.165, 1.54) is 0 Å². The van der Waals surface area contributed by atoms with Gasteiger partial charge in [-0.25, -0.2) is 0 Å². The van der Waals surface area contributed by atoms with E-state index in [0.29, 0.717) is 45.3 Å². The first-order valence-electron chi connectivity index (χ1n) is 7.91. The second-order valence-electron chi connectivity index (χ2n) is 4.14. The second kappa shape index (κ2) is 11.7. The maximum absolute atomic E-state index is 5.89. The van der Waals surface area contributed by atoms with Crippen molar-refractivity contribution in [1.82, 2.24) is 0 Å². The van der Waals surface area contributed by atoms with Gasteiger partial charge in [0.2, 0.25) is 0 Å². The standard InChI is InChI=1S/C13H32O6Si2/c1-7-14-20(15-8-2,16-9-3)13-21(17-10-4,18-11-5)19-12-6/h7-13H2,1-6H3. The van der Waals surface area contributed by atoms with Gasteiger partial charge < -0.3 is 26.6 Å². The van der Waals surface area contributed by atoms with Crippen molar-refractivity contribution in [2.75, 3.05) is 39.6 Å². The quantitative estimate of drug-likeness (QED) is 0.453. The number of hydrogen-bond donors (Lipinski definition) is 0. The van der Waals surface area contributed by atoms with Gasteiger partial charge in [-0.3, -0.25) is 0 Å². The molecule has 0 spiro atoms. The minimum absolute atomic E-state index is 0.449. The Labute approximate surface area is 131 Å². The maximum Gasteiger partial charge on any atom is 0.505 e. The minimum atomic E-state index is -2.86. The molecule has 0 aromatic rings. The van der Waals surface area contributed by atoms with Gasteiger partial charge in [0, 0.05) is 39.6 Å². The van der Waals surface area contributed by atoms with Crippen molar-refractivity contribution in [3.05, 3.63) is 0 Å². The van der Waals surface area contributed by atoms with Crippen LogP contribution in [0.1, 0.15) is 41.5 Å². The summed E-state index contributed by atoms with van der Waals surface area (Å²) >= 11 is 0. The van der Waals surface area contributed by atoms with Crippen molar-refractivity contribution < 1.29 is 26.6 Å². The molecule has 128 valence electrons. The van der Waals surface area contributed by atoms with Gasteiger partial charge in [0.05, 0.1) is 5.67 Å². The molecule has 0 aliphatic carbocycles. The SMILES string of the molecule is CCO[Si](C[Si](OCC)(OCC)OCC)(OCC)OCC. The summed E-state index contributed by atoms with van der Waals surface area (Å²) < 4.78 is 35.4. The van der Waals surface area contributed by atoms with Crippen LogP contribution >= 0.6 is 0 Å². The van der Waals surface area contributed by atoms with Crippen LogP contribution in [0.5, 0.6) is 0 Å². The Hall–Kier alpha value is 0.194. The molecule has 0 amide bonds. The number of hydrogen-bond acceptors (Lipinski definition) is 6. The van der Waals surface area contributed by atoms with Crippen LogP contribution in [0.25, 0.3) is 0 Å². The molecule has 0 heterocycles. The predicted octanol–water partition coefficient (Wildman–Crippen LogP) is 2.62. The van der Waals surface area contributed by atoms with Crippen LogP contribution in [-0.2, 0) is 26.6 Å². The molecule has 6 nitrogen and oxygen atoms in total. The molecule has 0 unspecified atom stereocenters. The summed E-state index contributed by atoms with van der Waals surface area (Å²) in [6.07, 6.45) is 0. The summed E-state index contributed by atoms with van der Waals surface area (Å²) in [5.41, 5.74) is 0.449. The average Bonchev–Trinajstić information content (AvgIpc) is 2.40. The first-order chi connectivity index (χ1) is 10.1. The van der Waals surface area contributed by atoms with Crippen LogP contribution in [0.3, 0.4) is 0 Å². The summed E-state index contributed by atoms with van der Waals surface area (Å²) in [5.74, 6) is 0. The lowest BCUT2D eigenvalue weighted by Crippen LogP contribution is -2.58. The fourth-order valence-electron chi connectivity index (χ4n) is 2.14. The third kappa shape index (κ3) is 7.33. The summed E-state index contributed by atoms with van der Waals surface area (Å²) in [6, 6.07) is 0. The van der Waals surface area contributed by atoms with E-state index >= 15 is 0 Å². The van der Waals surface area contributed by atoms with Crippen LogP contribution in [-0.4, -0.2) is 57.3 Å². The molecule has 0 aromatic carbocycles. The predicted molar refractivity (Wildman–Crippen MR) is 86.1 cm³/mol. The van der Waals surface area contributed by atoms with E-state index in [2.05, 4.69) is 0 Å². The third-order valence-electron chi connectivity index (χ3n) is 2.62. The van der Waals surface area contributed by atoms with Crippen LogP contribution in [0.4, 0.5) is 0 Å². The first-order valence-corrected chi connectivity index (χ1v) is 11.8. The van der Waals surface area contributed by atoms with Gasteiger partial charge in [-0.15, -0.1) is 0 Å². The molecule has 0 atom stereocenters. The van der Waals surface area contributed by atoms with Gasteiger partial charge >= 0.3 is 17.6 Å². The summed E-state index contributed by atoms with van der Waals surface area (Å²) in [7, 11) is -5.71. The molecule has 0 radical (unpaired) electrons. The van der Waals surface area contributed by atoms with Crippen molar-refractivity contribution in [1.29, 1.82) is 0 Å². The maximum atomic E-state index is 5.89. The summed E-state index contributed by atoms with van der Waals surface area (Å²) in [5, 5.41) is 0. The lowest BCUT2D eigenvalue weighted by atomic mass is 10.9. The molecule has 0 aliphatic rings. The highest BCUT2D eigenvalue weighted by atomic mass is 28.5. The van der Waals surface area contributed by atoms with E-state index < -0.39 is 17.6 Å². The smallest absolute Gasteiger partial charge is 0.374 e. The second-order valence-corrected chi connectivity index (χ2v) is 10.0. The van der Waals surface area contributed by atoms with Crippen molar-refractivity contribution in [3.8, 4) is 0 Å². The van der Waals surface area contributed by atoms with E-state index in [4.69, 9.17) is 26.6 Å². The molecule has 21 heavy (non-hydrogen) atoms. The molecule has 0 N–H and O–H groups in total. The largest absolute Gasteiger partial charge is 0.505 e. The van der Waals surface area contributed by atoms with E-state index in [1.54, 1.807) is 0 Å². The Balaban J connectivity index is 5.30. The topological polar surface area (TPSA) is 55.4 Å². The third-order valence-corrected chi connectivity index (χ3v) is 10.5. The van der Waals surface area contributed by atoms with Gasteiger partial charge in [0.25, 0.3) is 0 Å². The molecule has 0 fully saturated rings. The Morgan fingerprint density at radius 1 is 0.429 bits per heavy atom. The van der Waals surface area contributed by atoms with Crippen molar-refractivity contribution >= 4 is 17.6 Å². The van der Waals surface area contributed by atoms with Crippen LogP contribution in [0, 0.1) is 0 Å². The van der Waals surface area contributed by atoms with E-state index in [-0.39, 0.29) is 0 Å². The van der Waals surface area contributed by atoms with E-state index in [0.717, 1.165) is 0 Å². The average molecular weight is 341 g/mol. The van der Waals surface area contributed by atoms with Gasteiger partial charge in [0.1, 0.15) is 0 Å². The van der Waals surface area contributed by atoms with E-state index in [1.807, 2.05) is 41.5 Å².